The maximum absolute atomic E-state index is 2.41. The molecule has 0 nitrogen and oxygen atoms in total. The minimum Gasteiger partial charge on any atom is -0.126 e. The Morgan fingerprint density at radius 2 is 1.95 bits per heavy atom. The Morgan fingerprint density at radius 3 is 2.95 bits per heavy atom. The molecule has 2 aromatic rings. The molecule has 0 saturated heterocycles. The number of fused-ring (bicyclic) bond motifs is 2. The van der Waals surface area contributed by atoms with Crippen molar-refractivity contribution in [3.63, 3.8) is 0 Å². The van der Waals surface area contributed by atoms with Crippen molar-refractivity contribution in [1.82, 2.24) is 0 Å². The Morgan fingerprint density at radius 1 is 1.00 bits per heavy atom. The Kier molecular flexibility index (Phi) is 3.37. The lowest BCUT2D eigenvalue weighted by Crippen LogP contribution is -2.01. The third-order valence-electron chi connectivity index (χ3n) is 3.89. The first-order valence-electron chi connectivity index (χ1n) is 7.10. The summed E-state index contributed by atoms with van der Waals surface area (Å²) in [6, 6.07) is 15.7. The summed E-state index contributed by atoms with van der Waals surface area (Å²) in [5, 5.41) is 0.456. The molecular formula is C18H16S2. The van der Waals surface area contributed by atoms with Crippen molar-refractivity contribution in [1.29, 1.82) is 0 Å². The molecule has 2 aliphatic heterocycles. The molecule has 2 heteroatoms. The third-order valence-corrected chi connectivity index (χ3v) is 6.38. The van der Waals surface area contributed by atoms with Gasteiger partial charge in [0.05, 0.1) is 5.25 Å². The predicted octanol–water partition coefficient (Wildman–Crippen LogP) is 5.59. The highest BCUT2D eigenvalue weighted by molar-refractivity contribution is 8.00. The minimum absolute atomic E-state index is 0.456. The van der Waals surface area contributed by atoms with Crippen LogP contribution in [0.15, 0.2) is 58.3 Å². The van der Waals surface area contributed by atoms with E-state index in [1.807, 2.05) is 23.5 Å². The molecule has 0 aromatic heterocycles. The van der Waals surface area contributed by atoms with Crippen LogP contribution in [0.25, 0.3) is 6.08 Å². The number of hydrogen-bond acceptors (Lipinski definition) is 2. The van der Waals surface area contributed by atoms with Gasteiger partial charge in [-0.25, -0.2) is 0 Å². The topological polar surface area (TPSA) is 0 Å². The molecule has 4 rings (SSSR count). The average Bonchev–Trinajstić information content (AvgIpc) is 2.54. The van der Waals surface area contributed by atoms with Crippen molar-refractivity contribution in [3.8, 4) is 0 Å². The molecule has 0 fully saturated rings. The van der Waals surface area contributed by atoms with Gasteiger partial charge in [-0.1, -0.05) is 42.5 Å². The van der Waals surface area contributed by atoms with Crippen LogP contribution >= 0.6 is 23.5 Å². The Bertz CT molecular complexity index is 673. The monoisotopic (exact) mass is 296 g/mol. The highest BCUT2D eigenvalue weighted by Gasteiger charge is 2.18. The van der Waals surface area contributed by atoms with E-state index >= 15 is 0 Å². The van der Waals surface area contributed by atoms with Crippen LogP contribution in [0, 0.1) is 0 Å². The first-order chi connectivity index (χ1) is 9.90. The predicted molar refractivity (Wildman–Crippen MR) is 89.6 cm³/mol. The Balaban J connectivity index is 1.66. The molecule has 0 N–H and O–H groups in total. The van der Waals surface area contributed by atoms with E-state index in [4.69, 9.17) is 0 Å². The summed E-state index contributed by atoms with van der Waals surface area (Å²) in [5.41, 5.74) is 4.32. The van der Waals surface area contributed by atoms with Gasteiger partial charge >= 0.3 is 0 Å². The third kappa shape index (κ3) is 2.32. The van der Waals surface area contributed by atoms with Gasteiger partial charge in [0, 0.05) is 9.79 Å². The van der Waals surface area contributed by atoms with E-state index in [0.29, 0.717) is 5.25 Å². The van der Waals surface area contributed by atoms with Crippen LogP contribution in [-0.2, 0) is 6.42 Å². The number of benzene rings is 2. The molecule has 1 atom stereocenters. The molecule has 0 spiro atoms. The lowest BCUT2D eigenvalue weighted by atomic mass is 10.0. The summed E-state index contributed by atoms with van der Waals surface area (Å²) in [7, 11) is 0. The standard InChI is InChI=1S/C18H16S2/c1-2-6-16-13(4-1)9-10-17(20-16)15-8-7-14-5-3-11-19-18(14)12-15/h1-2,4,6-10,12,17H,3,5,11H2. The van der Waals surface area contributed by atoms with E-state index < -0.39 is 0 Å². The summed E-state index contributed by atoms with van der Waals surface area (Å²) < 4.78 is 0. The van der Waals surface area contributed by atoms with Crippen molar-refractivity contribution in [3.05, 3.63) is 65.2 Å². The molecule has 2 aliphatic rings. The van der Waals surface area contributed by atoms with Crippen LogP contribution in [0.2, 0.25) is 0 Å². The van der Waals surface area contributed by atoms with Crippen LogP contribution in [0.5, 0.6) is 0 Å². The van der Waals surface area contributed by atoms with E-state index in [-0.39, 0.29) is 0 Å². The zero-order chi connectivity index (χ0) is 13.4. The Labute approximate surface area is 128 Å². The number of rotatable bonds is 1. The van der Waals surface area contributed by atoms with Gasteiger partial charge in [0.15, 0.2) is 0 Å². The summed E-state index contributed by atoms with van der Waals surface area (Å²) >= 11 is 3.98. The van der Waals surface area contributed by atoms with Gasteiger partial charge in [-0.15, -0.1) is 23.5 Å². The highest BCUT2D eigenvalue weighted by atomic mass is 32.2. The molecule has 0 aliphatic carbocycles. The van der Waals surface area contributed by atoms with Gasteiger partial charge < -0.3 is 0 Å². The molecule has 20 heavy (non-hydrogen) atoms. The molecule has 100 valence electrons. The van der Waals surface area contributed by atoms with E-state index in [1.165, 1.54) is 45.1 Å². The lowest BCUT2D eigenvalue weighted by Gasteiger charge is -2.22. The van der Waals surface area contributed by atoms with Gasteiger partial charge in [-0.2, -0.15) is 0 Å². The van der Waals surface area contributed by atoms with Crippen molar-refractivity contribution in [2.45, 2.75) is 27.9 Å². The maximum Gasteiger partial charge on any atom is 0.0528 e. The molecule has 1 unspecified atom stereocenters. The fourth-order valence-electron chi connectivity index (χ4n) is 2.81. The normalized spacial score (nSPS) is 20.3. The van der Waals surface area contributed by atoms with E-state index in [2.05, 4.69) is 54.6 Å². The number of aryl methyl sites for hydroxylation is 1. The van der Waals surface area contributed by atoms with Crippen LogP contribution < -0.4 is 0 Å². The first kappa shape index (κ1) is 12.6. The van der Waals surface area contributed by atoms with Gasteiger partial charge in [-0.05, 0) is 47.4 Å². The quantitative estimate of drug-likeness (QED) is 0.673. The zero-order valence-electron chi connectivity index (χ0n) is 11.2. The van der Waals surface area contributed by atoms with Crippen LogP contribution in [0.3, 0.4) is 0 Å². The second-order valence-electron chi connectivity index (χ2n) is 5.25. The lowest BCUT2D eigenvalue weighted by molar-refractivity contribution is 0.886. The smallest absolute Gasteiger partial charge is 0.0528 e. The van der Waals surface area contributed by atoms with Crippen LogP contribution in [0.4, 0.5) is 0 Å². The SMILES string of the molecule is C1=CC(c2ccc3c(c2)SCCC3)Sc2ccccc21. The van der Waals surface area contributed by atoms with Crippen molar-refractivity contribution in [2.24, 2.45) is 0 Å². The molecule has 0 radical (unpaired) electrons. The molecule has 0 amide bonds. The van der Waals surface area contributed by atoms with Crippen molar-refractivity contribution < 1.29 is 0 Å². The molecule has 2 aromatic carbocycles. The van der Waals surface area contributed by atoms with E-state index in [0.717, 1.165) is 0 Å². The second kappa shape index (κ2) is 5.34. The van der Waals surface area contributed by atoms with Gasteiger partial charge in [0.1, 0.15) is 0 Å². The maximum atomic E-state index is 2.41. The largest absolute Gasteiger partial charge is 0.126 e. The zero-order valence-corrected chi connectivity index (χ0v) is 12.8. The average molecular weight is 296 g/mol. The van der Waals surface area contributed by atoms with E-state index in [1.54, 1.807) is 0 Å². The molecule has 2 heterocycles. The summed E-state index contributed by atoms with van der Waals surface area (Å²) in [5.74, 6) is 1.27. The second-order valence-corrected chi connectivity index (χ2v) is 7.57. The molecular weight excluding hydrogens is 280 g/mol. The van der Waals surface area contributed by atoms with Gasteiger partial charge in [0.2, 0.25) is 0 Å². The summed E-state index contributed by atoms with van der Waals surface area (Å²) in [4.78, 5) is 2.90. The van der Waals surface area contributed by atoms with Gasteiger partial charge in [-0.3, -0.25) is 0 Å². The first-order valence-corrected chi connectivity index (χ1v) is 8.96. The van der Waals surface area contributed by atoms with E-state index in [9.17, 15) is 0 Å². The fourth-order valence-corrected chi connectivity index (χ4v) is 5.03. The summed E-state index contributed by atoms with van der Waals surface area (Å²) in [6.07, 6.45) is 7.17. The van der Waals surface area contributed by atoms with Crippen molar-refractivity contribution in [2.75, 3.05) is 5.75 Å². The molecule has 0 saturated carbocycles. The minimum atomic E-state index is 0.456. The van der Waals surface area contributed by atoms with Crippen LogP contribution in [0.1, 0.15) is 28.4 Å². The Hall–Kier alpha value is -1.12. The molecule has 0 bridgehead atoms. The van der Waals surface area contributed by atoms with Gasteiger partial charge in [0.25, 0.3) is 0 Å². The number of thioether (sulfide) groups is 2. The number of hydrogen-bond donors (Lipinski definition) is 0. The summed E-state index contributed by atoms with van der Waals surface area (Å²) in [6.45, 7) is 0. The van der Waals surface area contributed by atoms with Crippen LogP contribution in [-0.4, -0.2) is 5.75 Å². The van der Waals surface area contributed by atoms with Crippen molar-refractivity contribution >= 4 is 29.6 Å². The fraction of sp³-hybridized carbons (Fsp3) is 0.222. The highest BCUT2D eigenvalue weighted by Crippen LogP contribution is 2.43.